The third-order valence-electron chi connectivity index (χ3n) is 3.73. The molecule has 0 atom stereocenters. The van der Waals surface area contributed by atoms with Gasteiger partial charge in [-0.3, -0.25) is 0 Å². The van der Waals surface area contributed by atoms with Crippen molar-refractivity contribution < 1.29 is 9.47 Å². The summed E-state index contributed by atoms with van der Waals surface area (Å²) < 4.78 is 11.5. The average molecular weight is 297 g/mol. The van der Waals surface area contributed by atoms with Gasteiger partial charge in [-0.2, -0.15) is 0 Å². The SMILES string of the molecule is CC1(C)Oc2cc(Cl)c(CCN3CCNCC3)cc2O1. The Bertz CT molecular complexity index is 499. The molecule has 1 fully saturated rings. The summed E-state index contributed by atoms with van der Waals surface area (Å²) in [5.74, 6) is 0.948. The Morgan fingerprint density at radius 2 is 1.85 bits per heavy atom. The fourth-order valence-corrected chi connectivity index (χ4v) is 2.94. The number of fused-ring (bicyclic) bond motifs is 1. The lowest BCUT2D eigenvalue weighted by molar-refractivity contribution is -0.0431. The Morgan fingerprint density at radius 1 is 1.20 bits per heavy atom. The highest BCUT2D eigenvalue weighted by atomic mass is 35.5. The number of piperazine rings is 1. The molecule has 0 amide bonds. The number of ether oxygens (including phenoxy) is 2. The molecule has 4 nitrogen and oxygen atoms in total. The molecule has 110 valence electrons. The molecule has 1 saturated heterocycles. The van der Waals surface area contributed by atoms with E-state index >= 15 is 0 Å². The number of rotatable bonds is 3. The molecule has 3 rings (SSSR count). The van der Waals surface area contributed by atoms with Crippen LogP contribution in [0.1, 0.15) is 19.4 Å². The van der Waals surface area contributed by atoms with Crippen molar-refractivity contribution in [1.29, 1.82) is 0 Å². The lowest BCUT2D eigenvalue weighted by Crippen LogP contribution is -2.44. The van der Waals surface area contributed by atoms with Gasteiger partial charge >= 0.3 is 0 Å². The van der Waals surface area contributed by atoms with E-state index in [1.165, 1.54) is 0 Å². The molecule has 2 aliphatic heterocycles. The minimum absolute atomic E-state index is 0.594. The van der Waals surface area contributed by atoms with Gasteiger partial charge in [0.2, 0.25) is 5.79 Å². The molecular formula is C15H21ClN2O2. The lowest BCUT2D eigenvalue weighted by Gasteiger charge is -2.27. The van der Waals surface area contributed by atoms with E-state index in [0.29, 0.717) is 0 Å². The predicted octanol–water partition coefficient (Wildman–Crippen LogP) is 2.29. The fourth-order valence-electron chi connectivity index (χ4n) is 2.69. The highest BCUT2D eigenvalue weighted by molar-refractivity contribution is 6.31. The van der Waals surface area contributed by atoms with E-state index in [1.54, 1.807) is 0 Å². The third kappa shape index (κ3) is 3.03. The lowest BCUT2D eigenvalue weighted by atomic mass is 10.1. The predicted molar refractivity (Wildman–Crippen MR) is 79.8 cm³/mol. The van der Waals surface area contributed by atoms with Gasteiger partial charge in [0.1, 0.15) is 0 Å². The highest BCUT2D eigenvalue weighted by Gasteiger charge is 2.32. The van der Waals surface area contributed by atoms with Crippen LogP contribution in [0, 0.1) is 0 Å². The summed E-state index contributed by atoms with van der Waals surface area (Å²) in [6.07, 6.45) is 0.940. The summed E-state index contributed by atoms with van der Waals surface area (Å²) in [6.45, 7) is 9.20. The summed E-state index contributed by atoms with van der Waals surface area (Å²) in [5.41, 5.74) is 1.13. The van der Waals surface area contributed by atoms with E-state index in [9.17, 15) is 0 Å². The van der Waals surface area contributed by atoms with Crippen molar-refractivity contribution in [3.05, 3.63) is 22.7 Å². The molecule has 0 aliphatic carbocycles. The van der Waals surface area contributed by atoms with Crippen molar-refractivity contribution >= 4 is 11.6 Å². The van der Waals surface area contributed by atoms with Gasteiger partial charge in [0.15, 0.2) is 11.5 Å². The number of halogens is 1. The first-order chi connectivity index (χ1) is 9.53. The van der Waals surface area contributed by atoms with E-state index in [0.717, 1.165) is 61.2 Å². The zero-order valence-electron chi connectivity index (χ0n) is 12.0. The van der Waals surface area contributed by atoms with Crippen molar-refractivity contribution in [2.45, 2.75) is 26.1 Å². The Hall–Kier alpha value is -0.970. The molecule has 20 heavy (non-hydrogen) atoms. The van der Waals surface area contributed by atoms with Gasteiger partial charge < -0.3 is 19.7 Å². The number of hydrogen-bond donors (Lipinski definition) is 1. The maximum absolute atomic E-state index is 6.35. The first-order valence-corrected chi connectivity index (χ1v) is 7.55. The summed E-state index contributed by atoms with van der Waals surface area (Å²) in [5, 5.41) is 4.13. The second kappa shape index (κ2) is 5.43. The summed E-state index contributed by atoms with van der Waals surface area (Å²) in [4.78, 5) is 2.46. The standard InChI is InChI=1S/C15H21ClN2O2/c1-15(2)19-13-9-11(12(16)10-14(13)20-15)3-6-18-7-4-17-5-8-18/h9-10,17H,3-8H2,1-2H3. The molecule has 0 aromatic heterocycles. The minimum atomic E-state index is -0.594. The van der Waals surface area contributed by atoms with Crippen LogP contribution in [0.4, 0.5) is 0 Å². The van der Waals surface area contributed by atoms with Crippen LogP contribution in [-0.4, -0.2) is 43.4 Å². The van der Waals surface area contributed by atoms with E-state index in [1.807, 2.05) is 26.0 Å². The molecule has 0 unspecified atom stereocenters. The molecule has 1 aromatic carbocycles. The first kappa shape index (κ1) is 14.0. The van der Waals surface area contributed by atoms with Crippen molar-refractivity contribution in [2.24, 2.45) is 0 Å². The maximum atomic E-state index is 6.35. The number of benzene rings is 1. The summed E-state index contributed by atoms with van der Waals surface area (Å²) in [7, 11) is 0. The summed E-state index contributed by atoms with van der Waals surface area (Å²) in [6, 6.07) is 3.90. The molecular weight excluding hydrogens is 276 g/mol. The van der Waals surface area contributed by atoms with Gasteiger partial charge in [-0.25, -0.2) is 0 Å². The molecule has 0 bridgehead atoms. The highest BCUT2D eigenvalue weighted by Crippen LogP contribution is 2.42. The number of nitrogens with one attached hydrogen (secondary N) is 1. The van der Waals surface area contributed by atoms with E-state index < -0.39 is 5.79 Å². The molecule has 0 saturated carbocycles. The van der Waals surface area contributed by atoms with Crippen LogP contribution in [0.25, 0.3) is 0 Å². The zero-order valence-corrected chi connectivity index (χ0v) is 12.8. The van der Waals surface area contributed by atoms with Crippen molar-refractivity contribution in [1.82, 2.24) is 10.2 Å². The van der Waals surface area contributed by atoms with Crippen LogP contribution in [-0.2, 0) is 6.42 Å². The molecule has 1 aromatic rings. The van der Waals surface area contributed by atoms with Gasteiger partial charge in [0.05, 0.1) is 0 Å². The zero-order chi connectivity index (χ0) is 14.2. The van der Waals surface area contributed by atoms with Crippen LogP contribution in [0.5, 0.6) is 11.5 Å². The second-order valence-electron chi connectivity index (χ2n) is 5.84. The average Bonchev–Trinajstić information content (AvgIpc) is 2.70. The number of nitrogens with zero attached hydrogens (tertiary/aromatic N) is 1. The Balaban J connectivity index is 1.68. The molecule has 2 aliphatic rings. The van der Waals surface area contributed by atoms with Crippen molar-refractivity contribution in [3.63, 3.8) is 0 Å². The quantitative estimate of drug-likeness (QED) is 0.928. The van der Waals surface area contributed by atoms with Gasteiger partial charge in [0.25, 0.3) is 0 Å². The van der Waals surface area contributed by atoms with E-state index in [2.05, 4.69) is 10.2 Å². The number of hydrogen-bond acceptors (Lipinski definition) is 4. The van der Waals surface area contributed by atoms with E-state index in [4.69, 9.17) is 21.1 Å². The van der Waals surface area contributed by atoms with Gasteiger partial charge in [-0.1, -0.05) is 11.6 Å². The smallest absolute Gasteiger partial charge is 0.246 e. The van der Waals surface area contributed by atoms with Crippen LogP contribution in [0.2, 0.25) is 5.02 Å². The van der Waals surface area contributed by atoms with Crippen molar-refractivity contribution in [2.75, 3.05) is 32.7 Å². The fraction of sp³-hybridized carbons (Fsp3) is 0.600. The van der Waals surface area contributed by atoms with Gasteiger partial charge in [-0.05, 0) is 18.1 Å². The summed E-state index contributed by atoms with van der Waals surface area (Å²) >= 11 is 6.35. The van der Waals surface area contributed by atoms with Crippen LogP contribution in [0.3, 0.4) is 0 Å². The largest absolute Gasteiger partial charge is 0.449 e. The topological polar surface area (TPSA) is 33.7 Å². The molecule has 2 heterocycles. The molecule has 5 heteroatoms. The second-order valence-corrected chi connectivity index (χ2v) is 6.24. The Kier molecular flexibility index (Phi) is 3.80. The monoisotopic (exact) mass is 296 g/mol. The van der Waals surface area contributed by atoms with Gasteiger partial charge in [-0.15, -0.1) is 0 Å². The molecule has 0 spiro atoms. The third-order valence-corrected chi connectivity index (χ3v) is 4.08. The first-order valence-electron chi connectivity index (χ1n) is 7.17. The van der Waals surface area contributed by atoms with Crippen LogP contribution < -0.4 is 14.8 Å². The normalized spacial score (nSPS) is 21.1. The van der Waals surface area contributed by atoms with Crippen LogP contribution in [0.15, 0.2) is 12.1 Å². The maximum Gasteiger partial charge on any atom is 0.246 e. The molecule has 1 N–H and O–H groups in total. The minimum Gasteiger partial charge on any atom is -0.449 e. The Labute approximate surface area is 125 Å². The van der Waals surface area contributed by atoms with Gasteiger partial charge in [0, 0.05) is 57.7 Å². The Morgan fingerprint density at radius 3 is 2.55 bits per heavy atom. The van der Waals surface area contributed by atoms with Crippen molar-refractivity contribution in [3.8, 4) is 11.5 Å². The van der Waals surface area contributed by atoms with Crippen LogP contribution >= 0.6 is 11.6 Å². The molecule has 0 radical (unpaired) electrons. The van der Waals surface area contributed by atoms with E-state index in [-0.39, 0.29) is 0 Å².